The maximum atomic E-state index is 5.25. The van der Waals surface area contributed by atoms with Gasteiger partial charge in [0.15, 0.2) is 6.40 Å². The van der Waals surface area contributed by atoms with Crippen LogP contribution in [0.25, 0.3) is 0 Å². The summed E-state index contributed by atoms with van der Waals surface area (Å²) in [6.45, 7) is 9.72. The van der Waals surface area contributed by atoms with Crippen LogP contribution in [0.3, 0.4) is 0 Å². The van der Waals surface area contributed by atoms with Crippen molar-refractivity contribution >= 4 is 14.7 Å². The maximum Gasteiger partial charge on any atom is 0.243 e. The summed E-state index contributed by atoms with van der Waals surface area (Å²) in [7, 11) is -1.39. The van der Waals surface area contributed by atoms with Gasteiger partial charge in [0.2, 0.25) is 8.32 Å². The van der Waals surface area contributed by atoms with Crippen LogP contribution in [0.1, 0.15) is 0 Å². The fourth-order valence-corrected chi connectivity index (χ4v) is 0.609. The third kappa shape index (κ3) is 7.43. The molecule has 0 unspecified atom stereocenters. The Morgan fingerprint density at radius 3 is 2.33 bits per heavy atom. The molecular formula is C6H13NOSi. The van der Waals surface area contributed by atoms with Crippen LogP contribution in [0.4, 0.5) is 0 Å². The third-order valence-electron chi connectivity index (χ3n) is 0.573. The molecule has 0 aromatic carbocycles. The predicted molar refractivity (Wildman–Crippen MR) is 43.1 cm³/mol. The highest BCUT2D eigenvalue weighted by molar-refractivity contribution is 6.70. The fraction of sp³-hybridized carbons (Fsp3) is 0.500. The molecule has 0 spiro atoms. The lowest BCUT2D eigenvalue weighted by atomic mass is 11.1. The van der Waals surface area contributed by atoms with Crippen molar-refractivity contribution in [3.63, 3.8) is 0 Å². The number of hydrogen-bond donors (Lipinski definition) is 0. The van der Waals surface area contributed by atoms with Crippen LogP contribution >= 0.6 is 0 Å². The maximum absolute atomic E-state index is 5.25. The highest BCUT2D eigenvalue weighted by Gasteiger charge is 2.12. The number of nitrogens with zero attached hydrogens (tertiary/aromatic N) is 1. The number of rotatable bonds is 3. The van der Waals surface area contributed by atoms with Gasteiger partial charge in [-0.1, -0.05) is 6.58 Å². The van der Waals surface area contributed by atoms with Crippen molar-refractivity contribution < 1.29 is 4.43 Å². The Kier molecular flexibility index (Phi) is 3.23. The molecule has 0 aliphatic heterocycles. The van der Waals surface area contributed by atoms with Crippen LogP contribution in [-0.4, -0.2) is 14.7 Å². The Morgan fingerprint density at radius 2 is 2.00 bits per heavy atom. The second kappa shape index (κ2) is 3.45. The van der Waals surface area contributed by atoms with E-state index in [4.69, 9.17) is 4.43 Å². The van der Waals surface area contributed by atoms with E-state index in [9.17, 15) is 0 Å². The molecule has 0 aliphatic carbocycles. The lowest BCUT2D eigenvalue weighted by molar-refractivity contribution is 0.576. The summed E-state index contributed by atoms with van der Waals surface area (Å²) >= 11 is 0. The molecule has 52 valence electrons. The number of aliphatic imine (C=N–C) groups is 1. The minimum atomic E-state index is -1.39. The van der Waals surface area contributed by atoms with Crippen LogP contribution in [0.15, 0.2) is 17.8 Å². The lowest BCUT2D eigenvalue weighted by Crippen LogP contribution is -2.24. The normalized spacial score (nSPS) is 11.9. The van der Waals surface area contributed by atoms with E-state index in [1.165, 1.54) is 12.6 Å². The average molecular weight is 143 g/mol. The Labute approximate surface area is 57.4 Å². The molecule has 0 N–H and O–H groups in total. The van der Waals surface area contributed by atoms with Gasteiger partial charge in [-0.25, -0.2) is 4.99 Å². The van der Waals surface area contributed by atoms with Crippen molar-refractivity contribution in [2.75, 3.05) is 0 Å². The summed E-state index contributed by atoms with van der Waals surface area (Å²) in [5, 5.41) is 0. The van der Waals surface area contributed by atoms with Crippen LogP contribution < -0.4 is 0 Å². The van der Waals surface area contributed by atoms with Gasteiger partial charge in [0.05, 0.1) is 0 Å². The van der Waals surface area contributed by atoms with E-state index in [1.807, 2.05) is 0 Å². The van der Waals surface area contributed by atoms with E-state index in [0.29, 0.717) is 0 Å². The third-order valence-corrected chi connectivity index (χ3v) is 1.39. The lowest BCUT2D eigenvalue weighted by Gasteiger charge is -2.13. The Morgan fingerprint density at radius 1 is 1.44 bits per heavy atom. The molecule has 9 heavy (non-hydrogen) atoms. The zero-order valence-corrected chi connectivity index (χ0v) is 7.22. The van der Waals surface area contributed by atoms with E-state index in [0.717, 1.165) is 0 Å². The standard InChI is InChI=1S/C6H13NOSi/c1-5-7-6-8-9(2,3)4/h5-6H,1H2,2-4H3. The molecule has 0 rings (SSSR count). The molecule has 0 heterocycles. The molecule has 0 aromatic rings. The molecule has 0 atom stereocenters. The largest absolute Gasteiger partial charge is 0.537 e. The van der Waals surface area contributed by atoms with Gasteiger partial charge in [0.1, 0.15) is 0 Å². The van der Waals surface area contributed by atoms with Crippen LogP contribution in [0, 0.1) is 0 Å². The van der Waals surface area contributed by atoms with Crippen LogP contribution in [0.2, 0.25) is 19.6 Å². The Hall–Kier alpha value is -0.573. The quantitative estimate of drug-likeness (QED) is 0.336. The molecule has 0 saturated carbocycles. The predicted octanol–water partition coefficient (Wildman–Crippen LogP) is 2.01. The highest BCUT2D eigenvalue weighted by Crippen LogP contribution is 1.99. The van der Waals surface area contributed by atoms with Crippen molar-refractivity contribution in [3.8, 4) is 0 Å². The molecule has 3 heteroatoms. The highest BCUT2D eigenvalue weighted by atomic mass is 28.4. The average Bonchev–Trinajstić information content (AvgIpc) is 1.63. The molecule has 0 bridgehead atoms. The van der Waals surface area contributed by atoms with Gasteiger partial charge in [-0.3, -0.25) is 0 Å². The molecule has 0 aromatic heterocycles. The summed E-state index contributed by atoms with van der Waals surface area (Å²) in [5.74, 6) is 0. The number of hydrogen-bond acceptors (Lipinski definition) is 2. The summed E-state index contributed by atoms with van der Waals surface area (Å²) < 4.78 is 5.25. The van der Waals surface area contributed by atoms with Gasteiger partial charge >= 0.3 is 0 Å². The van der Waals surface area contributed by atoms with Crippen molar-refractivity contribution in [1.29, 1.82) is 0 Å². The first-order chi connectivity index (χ1) is 4.06. The molecule has 0 amide bonds. The van der Waals surface area contributed by atoms with E-state index < -0.39 is 8.32 Å². The molecule has 0 aliphatic rings. The molecule has 2 nitrogen and oxygen atoms in total. The van der Waals surface area contributed by atoms with E-state index >= 15 is 0 Å². The van der Waals surface area contributed by atoms with Crippen molar-refractivity contribution in [3.05, 3.63) is 12.8 Å². The second-order valence-electron chi connectivity index (χ2n) is 2.67. The topological polar surface area (TPSA) is 21.6 Å². The summed E-state index contributed by atoms with van der Waals surface area (Å²) in [6, 6.07) is 0. The first-order valence-corrected chi connectivity index (χ1v) is 6.27. The van der Waals surface area contributed by atoms with Crippen molar-refractivity contribution in [2.45, 2.75) is 19.6 Å². The molecule has 0 radical (unpaired) electrons. The first-order valence-electron chi connectivity index (χ1n) is 2.86. The molecule has 0 fully saturated rings. The summed E-state index contributed by atoms with van der Waals surface area (Å²) in [5.41, 5.74) is 0. The zero-order chi connectivity index (χ0) is 7.33. The van der Waals surface area contributed by atoms with Gasteiger partial charge in [0, 0.05) is 6.20 Å². The van der Waals surface area contributed by atoms with Gasteiger partial charge in [-0.05, 0) is 19.6 Å². The van der Waals surface area contributed by atoms with Crippen LogP contribution in [-0.2, 0) is 4.43 Å². The minimum Gasteiger partial charge on any atom is -0.537 e. The van der Waals surface area contributed by atoms with Gasteiger partial charge < -0.3 is 4.43 Å². The summed E-state index contributed by atoms with van der Waals surface area (Å²) in [6.07, 6.45) is 2.92. The van der Waals surface area contributed by atoms with Gasteiger partial charge in [-0.15, -0.1) is 0 Å². The first kappa shape index (κ1) is 8.43. The van der Waals surface area contributed by atoms with Gasteiger partial charge in [0.25, 0.3) is 0 Å². The van der Waals surface area contributed by atoms with E-state index in [2.05, 4.69) is 31.2 Å². The monoisotopic (exact) mass is 143 g/mol. The zero-order valence-electron chi connectivity index (χ0n) is 6.22. The van der Waals surface area contributed by atoms with Crippen molar-refractivity contribution in [2.24, 2.45) is 4.99 Å². The SMILES string of the molecule is C=CN=CO[Si](C)(C)C. The second-order valence-corrected chi connectivity index (χ2v) is 7.13. The molecule has 0 saturated heterocycles. The van der Waals surface area contributed by atoms with E-state index in [1.54, 1.807) is 0 Å². The van der Waals surface area contributed by atoms with E-state index in [-0.39, 0.29) is 0 Å². The Bertz CT molecular complexity index is 115. The minimum absolute atomic E-state index is 1.39. The fourth-order valence-electron chi connectivity index (χ4n) is 0.232. The smallest absolute Gasteiger partial charge is 0.243 e. The molecular weight excluding hydrogens is 130 g/mol. The Balaban J connectivity index is 3.50. The van der Waals surface area contributed by atoms with Crippen LogP contribution in [0.5, 0.6) is 0 Å². The van der Waals surface area contributed by atoms with Gasteiger partial charge in [-0.2, -0.15) is 0 Å². The van der Waals surface area contributed by atoms with Crippen molar-refractivity contribution in [1.82, 2.24) is 0 Å². The summed E-state index contributed by atoms with van der Waals surface area (Å²) in [4.78, 5) is 3.71.